The summed E-state index contributed by atoms with van der Waals surface area (Å²) < 4.78 is 35.4. The van der Waals surface area contributed by atoms with Crippen molar-refractivity contribution < 1.29 is 22.4 Å². The molecule has 1 fully saturated rings. The number of anilines is 1. The number of nitrogens with two attached hydrogens (primary N) is 2. The molecule has 0 saturated carbocycles. The quantitative estimate of drug-likeness (QED) is 0.475. The molecule has 13 heteroatoms. The van der Waals surface area contributed by atoms with Gasteiger partial charge in [-0.25, -0.2) is 20.1 Å². The Bertz CT molecular complexity index is 985. The van der Waals surface area contributed by atoms with Crippen LogP contribution in [0.15, 0.2) is 12.7 Å². The van der Waals surface area contributed by atoms with E-state index in [9.17, 15) is 13.5 Å². The molecule has 0 aliphatic carbocycles. The van der Waals surface area contributed by atoms with Gasteiger partial charge in [-0.1, -0.05) is 32.9 Å². The maximum Gasteiger partial charge on any atom is 0.333 e. The van der Waals surface area contributed by atoms with E-state index in [1.165, 1.54) is 6.33 Å². The van der Waals surface area contributed by atoms with Gasteiger partial charge in [0.15, 0.2) is 16.8 Å². The summed E-state index contributed by atoms with van der Waals surface area (Å²) in [5, 5.41) is 15.7. The van der Waals surface area contributed by atoms with Crippen molar-refractivity contribution in [2.24, 2.45) is 5.14 Å². The summed E-state index contributed by atoms with van der Waals surface area (Å²) in [5.41, 5.74) is 5.56. The molecule has 3 atom stereocenters. The fourth-order valence-corrected chi connectivity index (χ4v) is 7.16. The van der Waals surface area contributed by atoms with Crippen molar-refractivity contribution in [3.63, 3.8) is 0 Å². The molecule has 3 rings (SSSR count). The number of hydrogen-bond donors (Lipinski definition) is 3. The van der Waals surface area contributed by atoms with Crippen molar-refractivity contribution >= 4 is 36.1 Å². The molecule has 3 heterocycles. The first-order chi connectivity index (χ1) is 13.5. The number of imidazole rings is 1. The second kappa shape index (κ2) is 7.89. The maximum atomic E-state index is 11.9. The third-order valence-corrected chi connectivity index (χ3v) is 8.42. The van der Waals surface area contributed by atoms with Gasteiger partial charge in [-0.2, -0.15) is 8.42 Å². The normalized spacial score (nSPS) is 27.9. The SMILES string of the molecule is CCCC[C@@]1(O)C[C@@H](COS(N)(=O)=O)O[C@]1(n1cnc2c(N)ncnc21)[SiH](C)C. The van der Waals surface area contributed by atoms with Crippen molar-refractivity contribution in [3.05, 3.63) is 12.7 Å². The van der Waals surface area contributed by atoms with E-state index in [0.717, 1.165) is 12.8 Å². The zero-order chi connectivity index (χ0) is 21.4. The first-order valence-corrected chi connectivity index (χ1v) is 13.9. The zero-order valence-electron chi connectivity index (χ0n) is 16.8. The molecule has 162 valence electrons. The van der Waals surface area contributed by atoms with Crippen molar-refractivity contribution in [2.75, 3.05) is 12.3 Å². The number of unbranched alkanes of at least 4 members (excludes halogenated alkanes) is 1. The van der Waals surface area contributed by atoms with Gasteiger partial charge in [-0.15, -0.1) is 0 Å². The highest BCUT2D eigenvalue weighted by Gasteiger charge is 2.62. The maximum absolute atomic E-state index is 11.9. The van der Waals surface area contributed by atoms with E-state index in [2.05, 4.69) is 28.0 Å². The van der Waals surface area contributed by atoms with Crippen molar-refractivity contribution in [2.45, 2.75) is 62.8 Å². The minimum absolute atomic E-state index is 0.202. The smallest absolute Gasteiger partial charge is 0.333 e. The van der Waals surface area contributed by atoms with Crippen LogP contribution in [0.3, 0.4) is 0 Å². The molecule has 1 saturated heterocycles. The molecule has 0 aromatic carbocycles. The van der Waals surface area contributed by atoms with Gasteiger partial charge in [0.25, 0.3) is 0 Å². The zero-order valence-corrected chi connectivity index (χ0v) is 18.7. The number of aromatic nitrogens is 4. The summed E-state index contributed by atoms with van der Waals surface area (Å²) in [6, 6.07) is 0. The van der Waals surface area contributed by atoms with Gasteiger partial charge in [0.1, 0.15) is 17.4 Å². The van der Waals surface area contributed by atoms with E-state index in [4.69, 9.17) is 19.8 Å². The molecule has 0 unspecified atom stereocenters. The van der Waals surface area contributed by atoms with Crippen LogP contribution in [0.1, 0.15) is 32.6 Å². The van der Waals surface area contributed by atoms with Crippen LogP contribution in [0.2, 0.25) is 13.1 Å². The van der Waals surface area contributed by atoms with E-state index in [1.807, 2.05) is 6.92 Å². The van der Waals surface area contributed by atoms with Gasteiger partial charge in [0.05, 0.1) is 27.8 Å². The van der Waals surface area contributed by atoms with Crippen LogP contribution in [0.25, 0.3) is 11.2 Å². The van der Waals surface area contributed by atoms with Crippen LogP contribution >= 0.6 is 0 Å². The minimum Gasteiger partial charge on any atom is -0.385 e. The third kappa shape index (κ3) is 3.90. The van der Waals surface area contributed by atoms with Gasteiger partial charge >= 0.3 is 10.3 Å². The van der Waals surface area contributed by atoms with E-state index in [1.54, 1.807) is 10.9 Å². The number of ether oxygens (including phenoxy) is 1. The topological polar surface area (TPSA) is 168 Å². The molecule has 2 aromatic rings. The number of rotatable bonds is 8. The summed E-state index contributed by atoms with van der Waals surface area (Å²) in [5.74, 6) is 0.235. The standard InChI is InChI=1S/C16H28N6O5SSi/c1-4-5-6-15(23)7-11(8-26-28(18,24)25)27-16(15,29(2)3)22-10-21-12-13(17)19-9-20-14(12)22/h9-11,23,29H,4-8H2,1-3H3,(H2,17,19,20)(H2,18,24,25)/t11-,15+,16-/m0/s1. The number of nitrogen functional groups attached to an aromatic ring is 1. The van der Waals surface area contributed by atoms with E-state index in [-0.39, 0.29) is 18.8 Å². The van der Waals surface area contributed by atoms with Crippen LogP contribution in [0.4, 0.5) is 5.82 Å². The number of fused-ring (bicyclic) bond motifs is 1. The Morgan fingerprint density at radius 1 is 1.41 bits per heavy atom. The average molecular weight is 445 g/mol. The van der Waals surface area contributed by atoms with Crippen molar-refractivity contribution in [3.8, 4) is 0 Å². The fourth-order valence-electron chi connectivity index (χ4n) is 4.27. The predicted octanol–water partition coefficient (Wildman–Crippen LogP) is 0.0175. The predicted molar refractivity (Wildman–Crippen MR) is 110 cm³/mol. The van der Waals surface area contributed by atoms with Gasteiger partial charge in [0, 0.05) is 6.42 Å². The molecule has 29 heavy (non-hydrogen) atoms. The number of nitrogens with zero attached hydrogens (tertiary/aromatic N) is 4. The summed E-state index contributed by atoms with van der Waals surface area (Å²) >= 11 is 0. The summed E-state index contributed by atoms with van der Waals surface area (Å²) in [4.78, 5) is 12.6. The highest BCUT2D eigenvalue weighted by Crippen LogP contribution is 2.49. The van der Waals surface area contributed by atoms with Crippen molar-refractivity contribution in [1.82, 2.24) is 19.5 Å². The van der Waals surface area contributed by atoms with Crippen LogP contribution in [0, 0.1) is 0 Å². The molecule has 0 radical (unpaired) electrons. The fraction of sp³-hybridized carbons (Fsp3) is 0.688. The Balaban J connectivity index is 2.12. The molecule has 0 bridgehead atoms. The van der Waals surface area contributed by atoms with Gasteiger partial charge < -0.3 is 15.6 Å². The first-order valence-electron chi connectivity index (χ1n) is 9.55. The van der Waals surface area contributed by atoms with E-state index >= 15 is 0 Å². The van der Waals surface area contributed by atoms with E-state index < -0.39 is 36.2 Å². The molecular formula is C16H28N6O5SSi. The van der Waals surface area contributed by atoms with Gasteiger partial charge in [-0.05, 0) is 6.42 Å². The molecule has 2 aromatic heterocycles. The highest BCUT2D eigenvalue weighted by molar-refractivity contribution is 7.84. The molecule has 0 spiro atoms. The Morgan fingerprint density at radius 3 is 2.76 bits per heavy atom. The number of aliphatic hydroxyl groups is 1. The third-order valence-electron chi connectivity index (χ3n) is 5.44. The second-order valence-electron chi connectivity index (χ2n) is 7.75. The van der Waals surface area contributed by atoms with Crippen LogP contribution in [-0.2, 0) is 24.6 Å². The first kappa shape index (κ1) is 22.1. The largest absolute Gasteiger partial charge is 0.385 e. The Labute approximate surface area is 171 Å². The lowest BCUT2D eigenvalue weighted by Gasteiger charge is -2.45. The van der Waals surface area contributed by atoms with Crippen LogP contribution in [-0.4, -0.2) is 60.2 Å². The Morgan fingerprint density at radius 2 is 2.14 bits per heavy atom. The second-order valence-corrected chi connectivity index (χ2v) is 12.1. The monoisotopic (exact) mass is 444 g/mol. The molecule has 11 nitrogen and oxygen atoms in total. The lowest BCUT2D eigenvalue weighted by Crippen LogP contribution is -2.60. The van der Waals surface area contributed by atoms with Gasteiger partial charge in [-0.3, -0.25) is 8.75 Å². The Kier molecular flexibility index (Phi) is 6.00. The lowest BCUT2D eigenvalue weighted by molar-refractivity contribution is -0.137. The van der Waals surface area contributed by atoms with Gasteiger partial charge in [0.2, 0.25) is 0 Å². The van der Waals surface area contributed by atoms with Crippen LogP contribution < -0.4 is 10.9 Å². The molecular weight excluding hydrogens is 416 g/mol. The number of hydrogen-bond acceptors (Lipinski definition) is 9. The molecule has 1 aliphatic heterocycles. The van der Waals surface area contributed by atoms with Crippen LogP contribution in [0.5, 0.6) is 0 Å². The summed E-state index contributed by atoms with van der Waals surface area (Å²) in [6.45, 7) is 5.86. The molecule has 0 amide bonds. The van der Waals surface area contributed by atoms with E-state index in [0.29, 0.717) is 17.6 Å². The lowest BCUT2D eigenvalue weighted by atomic mass is 9.90. The van der Waals surface area contributed by atoms with Crippen molar-refractivity contribution in [1.29, 1.82) is 0 Å². The Hall–Kier alpha value is -1.64. The average Bonchev–Trinajstić information content (AvgIpc) is 3.18. The highest BCUT2D eigenvalue weighted by atomic mass is 32.2. The molecule has 1 aliphatic rings. The minimum atomic E-state index is -4.12. The molecule has 5 N–H and O–H groups in total. The summed E-state index contributed by atoms with van der Waals surface area (Å²) in [6.07, 6.45) is 4.57. The summed E-state index contributed by atoms with van der Waals surface area (Å²) in [7, 11) is -5.96.